The molecule has 96 valence electrons. The average Bonchev–Trinajstić information content (AvgIpc) is 2.33. The van der Waals surface area contributed by atoms with Gasteiger partial charge in [-0.3, -0.25) is 0 Å². The van der Waals surface area contributed by atoms with E-state index in [9.17, 15) is 4.39 Å². The first-order valence-electron chi connectivity index (χ1n) is 5.20. The topological polar surface area (TPSA) is 73.5 Å². The predicted molar refractivity (Wildman–Crippen MR) is 62.4 cm³/mol. The molecular weight excluding hydrogens is 227 g/mol. The highest BCUT2D eigenvalue weighted by Crippen LogP contribution is 2.15. The lowest BCUT2D eigenvalue weighted by molar-refractivity contribution is 0.189. The van der Waals surface area contributed by atoms with Crippen LogP contribution in [0.4, 0.5) is 16.2 Å². The lowest BCUT2D eigenvalue weighted by atomic mass is 10.4. The summed E-state index contributed by atoms with van der Waals surface area (Å²) >= 11 is 0. The molecule has 1 rings (SSSR count). The zero-order chi connectivity index (χ0) is 12.7. The Hall–Kier alpha value is -1.47. The van der Waals surface area contributed by atoms with Crippen molar-refractivity contribution >= 4 is 11.8 Å². The van der Waals surface area contributed by atoms with Gasteiger partial charge in [-0.2, -0.15) is 4.98 Å². The largest absolute Gasteiger partial charge is 0.383 e. The third-order valence-corrected chi connectivity index (χ3v) is 2.17. The second-order valence-electron chi connectivity index (χ2n) is 3.37. The molecule has 1 aromatic heterocycles. The van der Waals surface area contributed by atoms with E-state index >= 15 is 0 Å². The molecule has 1 heterocycles. The van der Waals surface area contributed by atoms with Gasteiger partial charge >= 0.3 is 0 Å². The molecular formula is C10H17FN4O2. The van der Waals surface area contributed by atoms with Crippen molar-refractivity contribution in [3.05, 3.63) is 12.0 Å². The summed E-state index contributed by atoms with van der Waals surface area (Å²) in [6.45, 7) is 1.95. The molecule has 0 atom stereocenters. The fraction of sp³-hybridized carbons (Fsp3) is 0.600. The highest BCUT2D eigenvalue weighted by molar-refractivity contribution is 5.42. The van der Waals surface area contributed by atoms with Crippen LogP contribution in [0, 0.1) is 5.82 Å². The number of methoxy groups -OCH3 is 2. The van der Waals surface area contributed by atoms with Crippen molar-refractivity contribution in [3.8, 4) is 0 Å². The van der Waals surface area contributed by atoms with Gasteiger partial charge in [-0.25, -0.2) is 9.37 Å². The van der Waals surface area contributed by atoms with E-state index in [1.165, 1.54) is 0 Å². The van der Waals surface area contributed by atoms with Gasteiger partial charge in [0.15, 0.2) is 11.6 Å². The standard InChI is InChI=1S/C10H17FN4O2/c1-16-5-3-15(4-6-17-2)9-8(11)7-13-10(12)14-9/h7H,3-6H2,1-2H3,(H2,12,13,14). The molecule has 0 radical (unpaired) electrons. The van der Waals surface area contributed by atoms with E-state index in [4.69, 9.17) is 15.2 Å². The molecule has 0 saturated carbocycles. The summed E-state index contributed by atoms with van der Waals surface area (Å²) in [6, 6.07) is 0. The molecule has 17 heavy (non-hydrogen) atoms. The van der Waals surface area contributed by atoms with Gasteiger partial charge in [0.05, 0.1) is 19.4 Å². The number of hydrogen-bond donors (Lipinski definition) is 1. The Morgan fingerprint density at radius 3 is 2.41 bits per heavy atom. The molecule has 0 aliphatic rings. The van der Waals surface area contributed by atoms with Crippen LogP contribution in [0.1, 0.15) is 0 Å². The minimum Gasteiger partial charge on any atom is -0.383 e. The van der Waals surface area contributed by atoms with E-state index in [2.05, 4.69) is 9.97 Å². The number of rotatable bonds is 7. The highest BCUT2D eigenvalue weighted by Gasteiger charge is 2.14. The first-order valence-corrected chi connectivity index (χ1v) is 5.20. The summed E-state index contributed by atoms with van der Waals surface area (Å²) in [5.74, 6) is -0.292. The Bertz CT molecular complexity index is 343. The summed E-state index contributed by atoms with van der Waals surface area (Å²) in [5, 5.41) is 0. The van der Waals surface area contributed by atoms with Crippen molar-refractivity contribution in [1.82, 2.24) is 9.97 Å². The summed E-state index contributed by atoms with van der Waals surface area (Å²) in [5.41, 5.74) is 5.44. The van der Waals surface area contributed by atoms with Crippen molar-refractivity contribution in [2.45, 2.75) is 0 Å². The smallest absolute Gasteiger partial charge is 0.222 e. The van der Waals surface area contributed by atoms with Gasteiger partial charge in [-0.1, -0.05) is 0 Å². The van der Waals surface area contributed by atoms with Gasteiger partial charge < -0.3 is 20.1 Å². The Kier molecular flexibility index (Phi) is 5.58. The van der Waals surface area contributed by atoms with E-state index in [-0.39, 0.29) is 11.8 Å². The molecule has 2 N–H and O–H groups in total. The molecule has 0 aliphatic carbocycles. The fourth-order valence-electron chi connectivity index (χ4n) is 1.32. The maximum atomic E-state index is 13.6. The zero-order valence-electron chi connectivity index (χ0n) is 10.0. The van der Waals surface area contributed by atoms with Crippen molar-refractivity contribution in [2.24, 2.45) is 0 Å². The van der Waals surface area contributed by atoms with E-state index in [1.54, 1.807) is 19.1 Å². The van der Waals surface area contributed by atoms with Crippen LogP contribution in [0.2, 0.25) is 0 Å². The van der Waals surface area contributed by atoms with E-state index < -0.39 is 5.82 Å². The Balaban J connectivity index is 2.82. The molecule has 0 bridgehead atoms. The quantitative estimate of drug-likeness (QED) is 0.743. The predicted octanol–water partition coefficient (Wildman–Crippen LogP) is 0.297. The molecule has 7 heteroatoms. The second kappa shape index (κ2) is 6.97. The van der Waals surface area contributed by atoms with Crippen molar-refractivity contribution in [2.75, 3.05) is 51.2 Å². The second-order valence-corrected chi connectivity index (χ2v) is 3.37. The summed E-state index contributed by atoms with van der Waals surface area (Å²) in [6.07, 6.45) is 1.06. The molecule has 0 unspecified atom stereocenters. The monoisotopic (exact) mass is 244 g/mol. The number of halogens is 1. The Morgan fingerprint density at radius 2 is 1.88 bits per heavy atom. The van der Waals surface area contributed by atoms with Crippen LogP contribution >= 0.6 is 0 Å². The van der Waals surface area contributed by atoms with Crippen LogP contribution in [0.25, 0.3) is 0 Å². The first kappa shape index (κ1) is 13.6. The SMILES string of the molecule is COCCN(CCOC)c1nc(N)ncc1F. The maximum absolute atomic E-state index is 13.6. The van der Waals surface area contributed by atoms with Crippen LogP contribution in [-0.2, 0) is 9.47 Å². The first-order chi connectivity index (χ1) is 8.19. The summed E-state index contributed by atoms with van der Waals surface area (Å²) < 4.78 is 23.5. The number of nitrogen functional groups attached to an aromatic ring is 1. The lowest BCUT2D eigenvalue weighted by Crippen LogP contribution is -2.32. The Morgan fingerprint density at radius 1 is 1.29 bits per heavy atom. The molecule has 0 fully saturated rings. The van der Waals surface area contributed by atoms with Gasteiger partial charge in [0.25, 0.3) is 0 Å². The Labute approximate surface area is 99.6 Å². The van der Waals surface area contributed by atoms with Crippen molar-refractivity contribution in [1.29, 1.82) is 0 Å². The molecule has 0 aromatic carbocycles. The van der Waals surface area contributed by atoms with Gasteiger partial charge in [0.1, 0.15) is 0 Å². The molecule has 0 amide bonds. The van der Waals surface area contributed by atoms with Gasteiger partial charge in [-0.05, 0) is 0 Å². The van der Waals surface area contributed by atoms with Crippen LogP contribution in [0.3, 0.4) is 0 Å². The van der Waals surface area contributed by atoms with Gasteiger partial charge in [0.2, 0.25) is 5.95 Å². The number of nitrogens with two attached hydrogens (primary N) is 1. The van der Waals surface area contributed by atoms with Crippen LogP contribution in [-0.4, -0.2) is 50.5 Å². The maximum Gasteiger partial charge on any atom is 0.222 e. The van der Waals surface area contributed by atoms with Crippen molar-refractivity contribution < 1.29 is 13.9 Å². The third-order valence-electron chi connectivity index (χ3n) is 2.17. The lowest BCUT2D eigenvalue weighted by Gasteiger charge is -2.23. The number of anilines is 2. The van der Waals surface area contributed by atoms with Crippen LogP contribution in [0.15, 0.2) is 6.20 Å². The van der Waals surface area contributed by atoms with E-state index in [1.807, 2.05) is 0 Å². The molecule has 0 aliphatic heterocycles. The minimum atomic E-state index is -0.508. The van der Waals surface area contributed by atoms with Crippen LogP contribution < -0.4 is 10.6 Å². The number of hydrogen-bond acceptors (Lipinski definition) is 6. The van der Waals surface area contributed by atoms with Gasteiger partial charge in [0, 0.05) is 27.3 Å². The van der Waals surface area contributed by atoms with E-state index in [0.29, 0.717) is 26.3 Å². The van der Waals surface area contributed by atoms with Crippen molar-refractivity contribution in [3.63, 3.8) is 0 Å². The minimum absolute atomic E-state index is 0.0428. The zero-order valence-corrected chi connectivity index (χ0v) is 10.0. The highest BCUT2D eigenvalue weighted by atomic mass is 19.1. The van der Waals surface area contributed by atoms with Crippen LogP contribution in [0.5, 0.6) is 0 Å². The van der Waals surface area contributed by atoms with E-state index in [0.717, 1.165) is 6.20 Å². The summed E-state index contributed by atoms with van der Waals surface area (Å²) in [4.78, 5) is 9.18. The van der Waals surface area contributed by atoms with Gasteiger partial charge in [-0.15, -0.1) is 0 Å². The molecule has 0 saturated heterocycles. The summed E-state index contributed by atoms with van der Waals surface area (Å²) in [7, 11) is 3.17. The molecule has 1 aromatic rings. The average molecular weight is 244 g/mol. The third kappa shape index (κ3) is 4.12. The fourth-order valence-corrected chi connectivity index (χ4v) is 1.32. The molecule has 0 spiro atoms. The number of ether oxygens (including phenoxy) is 2. The number of aromatic nitrogens is 2. The molecule has 6 nitrogen and oxygen atoms in total. The normalized spacial score (nSPS) is 10.5. The number of nitrogens with zero attached hydrogens (tertiary/aromatic N) is 3.